The van der Waals surface area contributed by atoms with E-state index in [4.69, 9.17) is 4.74 Å². The minimum atomic E-state index is -3.43. The molecule has 14 heavy (non-hydrogen) atoms. The third-order valence-electron chi connectivity index (χ3n) is 1.83. The molecule has 0 aromatic heterocycles. The van der Waals surface area contributed by atoms with E-state index in [1.165, 1.54) is 0 Å². The van der Waals surface area contributed by atoms with Crippen LogP contribution in [0.4, 0.5) is 0 Å². The van der Waals surface area contributed by atoms with Crippen LogP contribution in [0.15, 0.2) is 24.3 Å². The van der Waals surface area contributed by atoms with E-state index in [1.54, 1.807) is 24.3 Å². The molecule has 0 unspecified atom stereocenters. The van der Waals surface area contributed by atoms with E-state index in [0.717, 1.165) is 18.4 Å². The molecule has 1 heterocycles. The molecule has 4 nitrogen and oxygen atoms in total. The smallest absolute Gasteiger partial charge is 0.306 e. The average molecular weight is 214 g/mol. The summed E-state index contributed by atoms with van der Waals surface area (Å²) in [7, 11) is -3.43. The van der Waals surface area contributed by atoms with Gasteiger partial charge in [-0.1, -0.05) is 12.1 Å². The Bertz CT molecular complexity index is 417. The first-order valence-corrected chi connectivity index (χ1v) is 5.97. The molecule has 0 saturated carbocycles. The highest BCUT2D eigenvalue weighted by Gasteiger charge is 2.24. The summed E-state index contributed by atoms with van der Waals surface area (Å²) in [6, 6.07) is 6.85. The van der Waals surface area contributed by atoms with E-state index in [0.29, 0.717) is 5.75 Å². The molecule has 1 aliphatic heterocycles. The third-order valence-corrected chi connectivity index (χ3v) is 2.33. The number of benzene rings is 1. The predicted molar refractivity (Wildman–Crippen MR) is 50.6 cm³/mol. The van der Waals surface area contributed by atoms with Crippen molar-refractivity contribution in [1.82, 2.24) is 0 Å². The van der Waals surface area contributed by atoms with Gasteiger partial charge < -0.3 is 8.92 Å². The van der Waals surface area contributed by atoms with Crippen molar-refractivity contribution in [3.8, 4) is 5.75 Å². The molecule has 2 rings (SSSR count). The van der Waals surface area contributed by atoms with Crippen LogP contribution in [0.25, 0.3) is 0 Å². The van der Waals surface area contributed by atoms with Gasteiger partial charge in [0.15, 0.2) is 0 Å². The zero-order valence-corrected chi connectivity index (χ0v) is 8.45. The quantitative estimate of drug-likeness (QED) is 0.558. The average Bonchev–Trinajstić information content (AvgIpc) is 2.85. The molecule has 0 bridgehead atoms. The first kappa shape index (κ1) is 9.48. The Morgan fingerprint density at radius 2 is 1.93 bits per heavy atom. The minimum Gasteiger partial charge on any atom is -0.383 e. The Hall–Kier alpha value is -1.07. The van der Waals surface area contributed by atoms with Crippen LogP contribution in [0.2, 0.25) is 0 Å². The number of hydrogen-bond donors (Lipinski definition) is 0. The van der Waals surface area contributed by atoms with Crippen molar-refractivity contribution >= 4 is 10.1 Å². The minimum absolute atomic E-state index is 0.183. The van der Waals surface area contributed by atoms with Crippen LogP contribution in [-0.4, -0.2) is 21.3 Å². The highest BCUT2D eigenvalue weighted by Crippen LogP contribution is 2.30. The van der Waals surface area contributed by atoms with Crippen LogP contribution in [0.1, 0.15) is 11.7 Å². The van der Waals surface area contributed by atoms with Gasteiger partial charge in [-0.25, -0.2) is 0 Å². The zero-order chi connectivity index (χ0) is 10.2. The van der Waals surface area contributed by atoms with Crippen molar-refractivity contribution in [2.45, 2.75) is 6.10 Å². The van der Waals surface area contributed by atoms with Gasteiger partial charge in [-0.2, -0.15) is 8.42 Å². The van der Waals surface area contributed by atoms with Gasteiger partial charge in [-0.3, -0.25) is 0 Å². The molecule has 1 atom stereocenters. The lowest BCUT2D eigenvalue weighted by atomic mass is 10.2. The Morgan fingerprint density at radius 1 is 1.36 bits per heavy atom. The normalized spacial score (nSPS) is 20.5. The zero-order valence-electron chi connectivity index (χ0n) is 7.64. The summed E-state index contributed by atoms with van der Waals surface area (Å²) < 4.78 is 31.3. The Morgan fingerprint density at radius 3 is 2.36 bits per heavy atom. The van der Waals surface area contributed by atoms with Gasteiger partial charge in [-0.05, 0) is 17.7 Å². The van der Waals surface area contributed by atoms with Gasteiger partial charge in [0.2, 0.25) is 0 Å². The predicted octanol–water partition coefficient (Wildman–Crippen LogP) is 1.10. The summed E-state index contributed by atoms with van der Waals surface area (Å²) in [5, 5.41) is 0. The number of ether oxygens (including phenoxy) is 1. The van der Waals surface area contributed by atoms with Crippen LogP contribution in [0, 0.1) is 0 Å². The van der Waals surface area contributed by atoms with Gasteiger partial charge in [0.1, 0.15) is 11.9 Å². The molecule has 0 N–H and O–H groups in total. The molecular weight excluding hydrogens is 204 g/mol. The molecule has 0 radical (unpaired) electrons. The van der Waals surface area contributed by atoms with Gasteiger partial charge >= 0.3 is 10.1 Å². The van der Waals surface area contributed by atoms with Crippen molar-refractivity contribution in [1.29, 1.82) is 0 Å². The molecule has 5 heteroatoms. The van der Waals surface area contributed by atoms with E-state index in [2.05, 4.69) is 4.18 Å². The van der Waals surface area contributed by atoms with E-state index in [9.17, 15) is 8.42 Å². The largest absolute Gasteiger partial charge is 0.383 e. The fourth-order valence-electron chi connectivity index (χ4n) is 1.15. The maximum absolute atomic E-state index is 10.8. The van der Waals surface area contributed by atoms with Crippen LogP contribution >= 0.6 is 0 Å². The SMILES string of the molecule is CS(=O)(=O)Oc1ccc([C@H]2CO2)cc1. The Kier molecular flexibility index (Phi) is 2.20. The number of hydrogen-bond acceptors (Lipinski definition) is 4. The second-order valence-electron chi connectivity index (χ2n) is 3.18. The standard InChI is InChI=1S/C9H10O4S/c1-14(10,11)13-8-4-2-7(3-5-8)9-6-12-9/h2-5,9H,6H2,1H3/t9-/m1/s1. The lowest BCUT2D eigenvalue weighted by molar-refractivity contribution is 0.415. The molecule has 1 aliphatic rings. The Labute approximate surface area is 82.6 Å². The first-order chi connectivity index (χ1) is 6.54. The molecule has 1 aromatic rings. The van der Waals surface area contributed by atoms with Gasteiger partial charge in [-0.15, -0.1) is 0 Å². The van der Waals surface area contributed by atoms with Crippen molar-refractivity contribution in [3.05, 3.63) is 29.8 Å². The molecule has 1 saturated heterocycles. The van der Waals surface area contributed by atoms with E-state index >= 15 is 0 Å². The van der Waals surface area contributed by atoms with Crippen molar-refractivity contribution < 1.29 is 17.3 Å². The number of rotatable bonds is 3. The summed E-state index contributed by atoms with van der Waals surface area (Å²) in [6.07, 6.45) is 1.20. The monoisotopic (exact) mass is 214 g/mol. The maximum Gasteiger partial charge on any atom is 0.306 e. The van der Waals surface area contributed by atoms with Gasteiger partial charge in [0.05, 0.1) is 12.9 Å². The summed E-state index contributed by atoms with van der Waals surface area (Å²) in [5.74, 6) is 0.330. The lowest BCUT2D eigenvalue weighted by Gasteiger charge is -2.02. The fraction of sp³-hybridized carbons (Fsp3) is 0.333. The van der Waals surface area contributed by atoms with Crippen LogP contribution in [0.5, 0.6) is 5.75 Å². The molecule has 1 aromatic carbocycles. The third kappa shape index (κ3) is 2.46. The highest BCUT2D eigenvalue weighted by molar-refractivity contribution is 7.86. The van der Waals surface area contributed by atoms with Gasteiger partial charge in [0, 0.05) is 0 Å². The van der Waals surface area contributed by atoms with Crippen molar-refractivity contribution in [2.75, 3.05) is 12.9 Å². The van der Waals surface area contributed by atoms with Crippen molar-refractivity contribution in [2.24, 2.45) is 0 Å². The molecule has 0 spiro atoms. The first-order valence-electron chi connectivity index (χ1n) is 4.16. The topological polar surface area (TPSA) is 55.9 Å². The summed E-state index contributed by atoms with van der Waals surface area (Å²) in [6.45, 7) is 0.742. The van der Waals surface area contributed by atoms with E-state index in [-0.39, 0.29) is 6.10 Å². The summed E-state index contributed by atoms with van der Waals surface area (Å²) in [4.78, 5) is 0. The molecule has 76 valence electrons. The summed E-state index contributed by atoms with van der Waals surface area (Å²) in [5.41, 5.74) is 1.05. The van der Waals surface area contributed by atoms with Crippen LogP contribution < -0.4 is 4.18 Å². The number of epoxide rings is 1. The second kappa shape index (κ2) is 3.25. The Balaban J connectivity index is 2.13. The fourth-order valence-corrected chi connectivity index (χ4v) is 1.61. The molecular formula is C9H10O4S. The van der Waals surface area contributed by atoms with Gasteiger partial charge in [0.25, 0.3) is 0 Å². The maximum atomic E-state index is 10.8. The van der Waals surface area contributed by atoms with Crippen molar-refractivity contribution in [3.63, 3.8) is 0 Å². The molecule has 0 amide bonds. The molecule has 0 aliphatic carbocycles. The van der Waals surface area contributed by atoms with E-state index < -0.39 is 10.1 Å². The van der Waals surface area contributed by atoms with E-state index in [1.807, 2.05) is 0 Å². The lowest BCUT2D eigenvalue weighted by Crippen LogP contribution is -2.05. The highest BCUT2D eigenvalue weighted by atomic mass is 32.2. The van der Waals surface area contributed by atoms with Crippen LogP contribution in [0.3, 0.4) is 0 Å². The summed E-state index contributed by atoms with van der Waals surface area (Å²) >= 11 is 0. The molecule has 1 fully saturated rings. The second-order valence-corrected chi connectivity index (χ2v) is 4.75. The van der Waals surface area contributed by atoms with Crippen LogP contribution in [-0.2, 0) is 14.9 Å².